The van der Waals surface area contributed by atoms with E-state index in [-0.39, 0.29) is 12.3 Å². The average Bonchev–Trinajstić information content (AvgIpc) is 2.41. The van der Waals surface area contributed by atoms with Gasteiger partial charge >= 0.3 is 0 Å². The van der Waals surface area contributed by atoms with Crippen molar-refractivity contribution in [2.24, 2.45) is 0 Å². The second-order valence-corrected chi connectivity index (χ2v) is 3.91. The molecule has 0 aliphatic heterocycles. The van der Waals surface area contributed by atoms with E-state index in [0.29, 0.717) is 11.8 Å². The van der Waals surface area contributed by atoms with Crippen LogP contribution in [0.15, 0.2) is 42.5 Å². The van der Waals surface area contributed by atoms with Crippen LogP contribution in [-0.2, 0) is 4.79 Å². The van der Waals surface area contributed by atoms with Crippen molar-refractivity contribution < 1.29 is 22.7 Å². The Hall–Kier alpha value is -2.50. The Kier molecular flexibility index (Phi) is 4.24. The third kappa shape index (κ3) is 3.74. The van der Waals surface area contributed by atoms with Gasteiger partial charge in [0.15, 0.2) is 6.61 Å². The van der Waals surface area contributed by atoms with Gasteiger partial charge in [0.1, 0.15) is 23.2 Å². The third-order valence-corrected chi connectivity index (χ3v) is 2.39. The van der Waals surface area contributed by atoms with Crippen LogP contribution in [0.1, 0.15) is 0 Å². The van der Waals surface area contributed by atoms with Crippen molar-refractivity contribution in [1.82, 2.24) is 0 Å². The largest absolute Gasteiger partial charge is 0.484 e. The summed E-state index contributed by atoms with van der Waals surface area (Å²) in [6, 6.07) is 7.90. The van der Waals surface area contributed by atoms with E-state index < -0.39 is 23.4 Å². The lowest BCUT2D eigenvalue weighted by molar-refractivity contribution is -0.118. The number of benzene rings is 2. The van der Waals surface area contributed by atoms with E-state index in [0.717, 1.165) is 12.1 Å². The molecule has 1 N–H and O–H groups in total. The zero-order valence-electron chi connectivity index (χ0n) is 10.2. The lowest BCUT2D eigenvalue weighted by Gasteiger charge is -2.08. The highest BCUT2D eigenvalue weighted by Gasteiger charge is 2.08. The van der Waals surface area contributed by atoms with Crippen molar-refractivity contribution in [3.63, 3.8) is 0 Å². The molecule has 0 spiro atoms. The van der Waals surface area contributed by atoms with Crippen LogP contribution in [-0.4, -0.2) is 12.5 Å². The van der Waals surface area contributed by atoms with Crippen molar-refractivity contribution in [1.29, 1.82) is 0 Å². The first-order valence-corrected chi connectivity index (χ1v) is 5.68. The molecule has 2 aromatic carbocycles. The molecule has 0 fully saturated rings. The molecule has 0 atom stereocenters. The summed E-state index contributed by atoms with van der Waals surface area (Å²) in [5.74, 6) is -2.33. The second kappa shape index (κ2) is 6.10. The monoisotopic (exact) mass is 281 g/mol. The standard InChI is InChI=1S/C14H10F3NO2/c15-9-1-4-11(5-2-9)20-8-14(19)18-13-6-3-10(16)7-12(13)17/h1-7H,8H2,(H,18,19). The number of amides is 1. The van der Waals surface area contributed by atoms with E-state index in [1.165, 1.54) is 24.3 Å². The first-order valence-electron chi connectivity index (χ1n) is 5.68. The molecule has 3 nitrogen and oxygen atoms in total. The second-order valence-electron chi connectivity index (χ2n) is 3.91. The minimum atomic E-state index is -0.875. The topological polar surface area (TPSA) is 38.3 Å². The highest BCUT2D eigenvalue weighted by atomic mass is 19.1. The fourth-order valence-electron chi connectivity index (χ4n) is 1.46. The van der Waals surface area contributed by atoms with Crippen LogP contribution in [0.4, 0.5) is 18.9 Å². The van der Waals surface area contributed by atoms with Gasteiger partial charge in [-0.15, -0.1) is 0 Å². The number of rotatable bonds is 4. The first kappa shape index (κ1) is 13.9. The van der Waals surface area contributed by atoms with Crippen molar-refractivity contribution in [3.8, 4) is 5.75 Å². The maximum atomic E-state index is 13.3. The lowest BCUT2D eigenvalue weighted by atomic mass is 10.3. The molecule has 0 radical (unpaired) electrons. The molecular weight excluding hydrogens is 271 g/mol. The fourth-order valence-corrected chi connectivity index (χ4v) is 1.46. The van der Waals surface area contributed by atoms with Crippen LogP contribution in [0.5, 0.6) is 5.75 Å². The Morgan fingerprint density at radius 3 is 2.30 bits per heavy atom. The zero-order chi connectivity index (χ0) is 14.5. The van der Waals surface area contributed by atoms with Gasteiger partial charge in [0.2, 0.25) is 0 Å². The Morgan fingerprint density at radius 1 is 1.00 bits per heavy atom. The smallest absolute Gasteiger partial charge is 0.262 e. The molecule has 0 saturated carbocycles. The molecule has 1 amide bonds. The number of nitrogens with one attached hydrogen (secondary N) is 1. The predicted molar refractivity (Wildman–Crippen MR) is 66.9 cm³/mol. The van der Waals surface area contributed by atoms with Gasteiger partial charge < -0.3 is 10.1 Å². The minimum Gasteiger partial charge on any atom is -0.484 e. The molecule has 0 saturated heterocycles. The SMILES string of the molecule is O=C(COc1ccc(F)cc1)Nc1ccc(F)cc1F. The fraction of sp³-hybridized carbons (Fsp3) is 0.0714. The zero-order valence-corrected chi connectivity index (χ0v) is 10.2. The van der Waals surface area contributed by atoms with Gasteiger partial charge in [-0.1, -0.05) is 0 Å². The van der Waals surface area contributed by atoms with Gasteiger partial charge in [-0.25, -0.2) is 13.2 Å². The molecule has 0 heterocycles. The van der Waals surface area contributed by atoms with Crippen LogP contribution < -0.4 is 10.1 Å². The normalized spacial score (nSPS) is 10.2. The quantitative estimate of drug-likeness (QED) is 0.935. The summed E-state index contributed by atoms with van der Waals surface area (Å²) >= 11 is 0. The highest BCUT2D eigenvalue weighted by Crippen LogP contribution is 2.15. The molecule has 104 valence electrons. The van der Waals surface area contributed by atoms with E-state index in [2.05, 4.69) is 5.32 Å². The van der Waals surface area contributed by atoms with Gasteiger partial charge in [0.25, 0.3) is 5.91 Å². The van der Waals surface area contributed by atoms with E-state index in [9.17, 15) is 18.0 Å². The van der Waals surface area contributed by atoms with Crippen molar-refractivity contribution >= 4 is 11.6 Å². The minimum absolute atomic E-state index is 0.140. The Balaban J connectivity index is 1.90. The van der Waals surface area contributed by atoms with E-state index in [1.807, 2.05) is 0 Å². The molecular formula is C14H10F3NO2. The molecule has 6 heteroatoms. The van der Waals surface area contributed by atoms with Gasteiger partial charge in [-0.3, -0.25) is 4.79 Å². The molecule has 2 aromatic rings. The Morgan fingerprint density at radius 2 is 1.65 bits per heavy atom. The van der Waals surface area contributed by atoms with Gasteiger partial charge in [0, 0.05) is 6.07 Å². The summed E-state index contributed by atoms with van der Waals surface area (Å²) in [6.45, 7) is -0.373. The maximum Gasteiger partial charge on any atom is 0.262 e. The number of carbonyl (C=O) groups is 1. The van der Waals surface area contributed by atoms with E-state index in [1.54, 1.807) is 0 Å². The molecule has 20 heavy (non-hydrogen) atoms. The lowest BCUT2D eigenvalue weighted by Crippen LogP contribution is -2.20. The predicted octanol–water partition coefficient (Wildman–Crippen LogP) is 3.12. The highest BCUT2D eigenvalue weighted by molar-refractivity contribution is 5.91. The molecule has 0 unspecified atom stereocenters. The third-order valence-electron chi connectivity index (χ3n) is 2.39. The number of anilines is 1. The van der Waals surface area contributed by atoms with Crippen LogP contribution in [0.2, 0.25) is 0 Å². The van der Waals surface area contributed by atoms with Gasteiger partial charge in [0.05, 0.1) is 5.69 Å². The molecule has 2 rings (SSSR count). The summed E-state index contributed by atoms with van der Waals surface area (Å²) in [5.41, 5.74) is -0.140. The van der Waals surface area contributed by atoms with Crippen LogP contribution in [0.25, 0.3) is 0 Å². The maximum absolute atomic E-state index is 13.3. The number of halogens is 3. The van der Waals surface area contributed by atoms with Crippen molar-refractivity contribution in [3.05, 3.63) is 59.9 Å². The summed E-state index contributed by atoms with van der Waals surface area (Å²) in [7, 11) is 0. The summed E-state index contributed by atoms with van der Waals surface area (Å²) in [4.78, 5) is 11.5. The Bertz CT molecular complexity index is 614. The molecule has 0 aliphatic rings. The van der Waals surface area contributed by atoms with Gasteiger partial charge in [-0.05, 0) is 36.4 Å². The number of carbonyl (C=O) groups excluding carboxylic acids is 1. The number of ether oxygens (including phenoxy) is 1. The van der Waals surface area contributed by atoms with Crippen LogP contribution in [0.3, 0.4) is 0 Å². The van der Waals surface area contributed by atoms with E-state index in [4.69, 9.17) is 4.74 Å². The summed E-state index contributed by atoms with van der Waals surface area (Å²) < 4.78 is 43.7. The van der Waals surface area contributed by atoms with Crippen LogP contribution in [0, 0.1) is 17.5 Å². The van der Waals surface area contributed by atoms with Crippen molar-refractivity contribution in [2.75, 3.05) is 11.9 Å². The van der Waals surface area contributed by atoms with Crippen molar-refractivity contribution in [2.45, 2.75) is 0 Å². The Labute approximate surface area is 113 Å². The molecule has 0 bridgehead atoms. The number of hydrogen-bond donors (Lipinski definition) is 1. The molecule has 0 aliphatic carbocycles. The van der Waals surface area contributed by atoms with Gasteiger partial charge in [-0.2, -0.15) is 0 Å². The number of hydrogen-bond acceptors (Lipinski definition) is 2. The first-order chi connectivity index (χ1) is 9.54. The van der Waals surface area contributed by atoms with E-state index >= 15 is 0 Å². The summed E-state index contributed by atoms with van der Waals surface area (Å²) in [5, 5.41) is 2.24. The summed E-state index contributed by atoms with van der Waals surface area (Å²) in [6.07, 6.45) is 0. The average molecular weight is 281 g/mol. The van der Waals surface area contributed by atoms with Crippen LogP contribution >= 0.6 is 0 Å². The molecule has 0 aromatic heterocycles.